The molecule has 0 saturated heterocycles. The van der Waals surface area contributed by atoms with E-state index in [0.29, 0.717) is 18.1 Å². The van der Waals surface area contributed by atoms with Gasteiger partial charge in [0.15, 0.2) is 0 Å². The highest BCUT2D eigenvalue weighted by molar-refractivity contribution is 5.92. The summed E-state index contributed by atoms with van der Waals surface area (Å²) in [6, 6.07) is 0. The van der Waals surface area contributed by atoms with Crippen LogP contribution in [0.1, 0.15) is 37.7 Å². The van der Waals surface area contributed by atoms with Gasteiger partial charge >= 0.3 is 0 Å². The summed E-state index contributed by atoms with van der Waals surface area (Å²) in [6.45, 7) is 7.07. The number of hydrogen-bond donors (Lipinski definition) is 2. The molecule has 0 saturated carbocycles. The largest absolute Gasteiger partial charge is 0.372 e. The van der Waals surface area contributed by atoms with Crippen LogP contribution in [0.5, 0.6) is 0 Å². The average Bonchev–Trinajstić information content (AvgIpc) is 2.27. The molecule has 1 heterocycles. The topological polar surface area (TPSA) is 66.9 Å². The highest BCUT2D eigenvalue weighted by Crippen LogP contribution is 2.16. The predicted octanol–water partition coefficient (Wildman–Crippen LogP) is 1.68. The second-order valence-corrected chi connectivity index (χ2v) is 5.11. The van der Waals surface area contributed by atoms with Crippen LogP contribution in [0.4, 0.5) is 5.82 Å². The molecule has 5 heteroatoms. The van der Waals surface area contributed by atoms with Crippen molar-refractivity contribution in [3.05, 3.63) is 18.1 Å². The third kappa shape index (κ3) is 4.80. The maximum Gasteiger partial charge on any atom is 0.271 e. The Hall–Kier alpha value is -1.65. The Balaban J connectivity index is 2.52. The number of carbonyl (C=O) groups is 1. The van der Waals surface area contributed by atoms with Crippen LogP contribution >= 0.6 is 0 Å². The van der Waals surface area contributed by atoms with Gasteiger partial charge < -0.3 is 10.6 Å². The first kappa shape index (κ1) is 13.4. The maximum atomic E-state index is 11.8. The lowest BCUT2D eigenvalue weighted by atomic mass is 9.92. The van der Waals surface area contributed by atoms with Gasteiger partial charge in [-0.3, -0.25) is 9.78 Å². The van der Waals surface area contributed by atoms with Crippen molar-refractivity contribution in [2.75, 3.05) is 18.9 Å². The van der Waals surface area contributed by atoms with Crippen molar-refractivity contribution in [3.63, 3.8) is 0 Å². The monoisotopic (exact) mass is 236 g/mol. The SMILES string of the molecule is CNc1cncc(C(=O)NCCC(C)(C)C)n1. The van der Waals surface area contributed by atoms with Crippen molar-refractivity contribution in [2.24, 2.45) is 5.41 Å². The third-order valence-electron chi connectivity index (χ3n) is 2.28. The Morgan fingerprint density at radius 1 is 1.35 bits per heavy atom. The van der Waals surface area contributed by atoms with Gasteiger partial charge in [0.2, 0.25) is 0 Å². The van der Waals surface area contributed by atoms with Gasteiger partial charge in [0, 0.05) is 13.6 Å². The summed E-state index contributed by atoms with van der Waals surface area (Å²) in [5.41, 5.74) is 0.553. The van der Waals surface area contributed by atoms with Gasteiger partial charge in [-0.25, -0.2) is 4.98 Å². The van der Waals surface area contributed by atoms with Gasteiger partial charge in [-0.15, -0.1) is 0 Å². The molecule has 94 valence electrons. The highest BCUT2D eigenvalue weighted by Gasteiger charge is 2.12. The van der Waals surface area contributed by atoms with Crippen molar-refractivity contribution in [2.45, 2.75) is 27.2 Å². The van der Waals surface area contributed by atoms with E-state index in [1.807, 2.05) is 0 Å². The quantitative estimate of drug-likeness (QED) is 0.834. The minimum atomic E-state index is -0.182. The fraction of sp³-hybridized carbons (Fsp3) is 0.583. The van der Waals surface area contributed by atoms with E-state index in [0.717, 1.165) is 6.42 Å². The molecule has 0 atom stereocenters. The Bertz CT molecular complexity index is 384. The summed E-state index contributed by atoms with van der Waals surface area (Å²) in [5.74, 6) is 0.410. The molecule has 5 nitrogen and oxygen atoms in total. The van der Waals surface area contributed by atoms with Crippen LogP contribution in [0.3, 0.4) is 0 Å². The van der Waals surface area contributed by atoms with Crippen molar-refractivity contribution >= 4 is 11.7 Å². The number of anilines is 1. The van der Waals surface area contributed by atoms with Crippen LogP contribution in [-0.4, -0.2) is 29.5 Å². The molecule has 1 aromatic heterocycles. The molecule has 2 N–H and O–H groups in total. The Kier molecular flexibility index (Phi) is 4.43. The first-order valence-electron chi connectivity index (χ1n) is 5.70. The molecule has 0 unspecified atom stereocenters. The second kappa shape index (κ2) is 5.61. The maximum absolute atomic E-state index is 11.8. The van der Waals surface area contributed by atoms with E-state index in [2.05, 4.69) is 41.4 Å². The summed E-state index contributed by atoms with van der Waals surface area (Å²) < 4.78 is 0. The second-order valence-electron chi connectivity index (χ2n) is 5.11. The number of nitrogens with one attached hydrogen (secondary N) is 2. The zero-order chi connectivity index (χ0) is 12.9. The lowest BCUT2D eigenvalue weighted by Gasteiger charge is -2.17. The molecule has 0 radical (unpaired) electrons. The van der Waals surface area contributed by atoms with Crippen LogP contribution in [0, 0.1) is 5.41 Å². The molecule has 1 aromatic rings. The van der Waals surface area contributed by atoms with E-state index in [9.17, 15) is 4.79 Å². The molecule has 0 fully saturated rings. The van der Waals surface area contributed by atoms with Crippen LogP contribution in [0.2, 0.25) is 0 Å². The zero-order valence-electron chi connectivity index (χ0n) is 10.9. The van der Waals surface area contributed by atoms with Gasteiger partial charge in [-0.1, -0.05) is 20.8 Å². The first-order chi connectivity index (χ1) is 7.92. The number of nitrogens with zero attached hydrogens (tertiary/aromatic N) is 2. The van der Waals surface area contributed by atoms with Gasteiger partial charge in [0.05, 0.1) is 12.4 Å². The molecule has 0 bridgehead atoms. The van der Waals surface area contributed by atoms with Crippen LogP contribution in [-0.2, 0) is 0 Å². The molecule has 0 spiro atoms. The number of aromatic nitrogens is 2. The van der Waals surface area contributed by atoms with Crippen LogP contribution in [0.15, 0.2) is 12.4 Å². The number of carbonyl (C=O) groups excluding carboxylic acids is 1. The fourth-order valence-electron chi connectivity index (χ4n) is 1.24. The van der Waals surface area contributed by atoms with E-state index >= 15 is 0 Å². The van der Waals surface area contributed by atoms with Crippen LogP contribution in [0.25, 0.3) is 0 Å². The lowest BCUT2D eigenvalue weighted by Crippen LogP contribution is -2.28. The third-order valence-corrected chi connectivity index (χ3v) is 2.28. The van der Waals surface area contributed by atoms with E-state index < -0.39 is 0 Å². The average molecular weight is 236 g/mol. The van der Waals surface area contributed by atoms with Crippen molar-refractivity contribution in [1.29, 1.82) is 0 Å². The Labute approximate surface area is 102 Å². The van der Waals surface area contributed by atoms with Crippen molar-refractivity contribution < 1.29 is 4.79 Å². The van der Waals surface area contributed by atoms with Gasteiger partial charge in [-0.05, 0) is 11.8 Å². The standard InChI is InChI=1S/C12H20N4O/c1-12(2,3)5-6-15-11(17)9-7-14-8-10(13-4)16-9/h7-8H,5-6H2,1-4H3,(H,13,16)(H,15,17). The van der Waals surface area contributed by atoms with Crippen molar-refractivity contribution in [1.82, 2.24) is 15.3 Å². The molecule has 17 heavy (non-hydrogen) atoms. The van der Waals surface area contributed by atoms with Gasteiger partial charge in [-0.2, -0.15) is 0 Å². The minimum Gasteiger partial charge on any atom is -0.372 e. The zero-order valence-corrected chi connectivity index (χ0v) is 10.9. The number of rotatable bonds is 4. The van der Waals surface area contributed by atoms with Crippen molar-refractivity contribution in [3.8, 4) is 0 Å². The van der Waals surface area contributed by atoms with Gasteiger partial charge in [0.25, 0.3) is 5.91 Å². The van der Waals surface area contributed by atoms with Crippen LogP contribution < -0.4 is 10.6 Å². The molecular weight excluding hydrogens is 216 g/mol. The lowest BCUT2D eigenvalue weighted by molar-refractivity contribution is 0.0944. The molecule has 1 amide bonds. The summed E-state index contributed by atoms with van der Waals surface area (Å²) >= 11 is 0. The summed E-state index contributed by atoms with van der Waals surface area (Å²) in [6.07, 6.45) is 3.97. The smallest absolute Gasteiger partial charge is 0.271 e. The van der Waals surface area contributed by atoms with E-state index in [1.54, 1.807) is 13.2 Å². The van der Waals surface area contributed by atoms with E-state index in [4.69, 9.17) is 0 Å². The highest BCUT2D eigenvalue weighted by atomic mass is 16.1. The molecule has 1 rings (SSSR count). The Morgan fingerprint density at radius 2 is 2.06 bits per heavy atom. The minimum absolute atomic E-state index is 0.182. The molecule has 0 aliphatic heterocycles. The van der Waals surface area contributed by atoms with E-state index in [-0.39, 0.29) is 11.3 Å². The number of hydrogen-bond acceptors (Lipinski definition) is 4. The molecule has 0 aliphatic carbocycles. The normalized spacial score (nSPS) is 11.1. The first-order valence-corrected chi connectivity index (χ1v) is 5.70. The van der Waals surface area contributed by atoms with E-state index in [1.165, 1.54) is 6.20 Å². The fourth-order valence-corrected chi connectivity index (χ4v) is 1.24. The molecule has 0 aliphatic rings. The molecule has 0 aromatic carbocycles. The summed E-state index contributed by atoms with van der Waals surface area (Å²) in [7, 11) is 1.74. The number of amides is 1. The Morgan fingerprint density at radius 3 is 2.65 bits per heavy atom. The summed E-state index contributed by atoms with van der Waals surface area (Å²) in [4.78, 5) is 19.8. The summed E-state index contributed by atoms with van der Waals surface area (Å²) in [5, 5.41) is 5.69. The molecular formula is C12H20N4O. The predicted molar refractivity (Wildman–Crippen MR) is 68.0 cm³/mol. The van der Waals surface area contributed by atoms with Gasteiger partial charge in [0.1, 0.15) is 11.5 Å².